The third kappa shape index (κ3) is 4.09. The molecule has 1 heterocycles. The van der Waals surface area contributed by atoms with E-state index in [4.69, 9.17) is 16.3 Å². The second-order valence-electron chi connectivity index (χ2n) is 6.24. The van der Waals surface area contributed by atoms with Gasteiger partial charge in [-0.2, -0.15) is 0 Å². The predicted octanol–water partition coefficient (Wildman–Crippen LogP) is 3.30. The van der Waals surface area contributed by atoms with Crippen LogP contribution >= 0.6 is 11.6 Å². The molecule has 0 bridgehead atoms. The first-order chi connectivity index (χ1) is 12.5. The van der Waals surface area contributed by atoms with Crippen LogP contribution in [0.2, 0.25) is 5.02 Å². The Labute approximate surface area is 157 Å². The molecule has 0 radical (unpaired) electrons. The zero-order chi connectivity index (χ0) is 18.7. The number of hydrogen-bond donors (Lipinski definition) is 4. The zero-order valence-corrected chi connectivity index (χ0v) is 15.4. The number of ether oxygens (including phenoxy) is 1. The van der Waals surface area contributed by atoms with E-state index in [-0.39, 0.29) is 17.7 Å². The summed E-state index contributed by atoms with van der Waals surface area (Å²) in [4.78, 5) is 12.5. The van der Waals surface area contributed by atoms with E-state index in [9.17, 15) is 9.90 Å². The van der Waals surface area contributed by atoms with Crippen LogP contribution in [0.15, 0.2) is 36.4 Å². The normalized spacial score (nSPS) is 19.3. The third-order valence-corrected chi connectivity index (χ3v) is 4.74. The van der Waals surface area contributed by atoms with Gasteiger partial charge in [-0.15, -0.1) is 0 Å². The van der Waals surface area contributed by atoms with E-state index in [1.54, 1.807) is 24.3 Å². The summed E-state index contributed by atoms with van der Waals surface area (Å²) in [6, 6.07) is 9.96. The van der Waals surface area contributed by atoms with Crippen molar-refractivity contribution in [1.82, 2.24) is 10.9 Å². The lowest BCUT2D eigenvalue weighted by atomic mass is 9.99. The molecule has 4 N–H and O–H groups in total. The molecular formula is C19H22ClN3O3. The Hall–Kier alpha value is -2.28. The fraction of sp³-hybridized carbons (Fsp3) is 0.316. The molecule has 138 valence electrons. The van der Waals surface area contributed by atoms with Crippen LogP contribution in [-0.4, -0.2) is 23.7 Å². The highest BCUT2D eigenvalue weighted by atomic mass is 35.5. The van der Waals surface area contributed by atoms with Gasteiger partial charge in [0.1, 0.15) is 17.5 Å². The largest absolute Gasteiger partial charge is 0.508 e. The SMILES string of the molecule is CCOc1ccc(NC(=O)C2CC(c3cc(Cl)c(C)cc3O)NN2)cc1. The first-order valence-electron chi connectivity index (χ1n) is 8.51. The number of halogens is 1. The van der Waals surface area contributed by atoms with Crippen molar-refractivity contribution in [1.29, 1.82) is 0 Å². The summed E-state index contributed by atoms with van der Waals surface area (Å²) >= 11 is 6.16. The van der Waals surface area contributed by atoms with E-state index >= 15 is 0 Å². The van der Waals surface area contributed by atoms with E-state index in [2.05, 4.69) is 16.2 Å². The van der Waals surface area contributed by atoms with Crippen LogP contribution in [0.5, 0.6) is 11.5 Å². The summed E-state index contributed by atoms with van der Waals surface area (Å²) in [6.07, 6.45) is 0.496. The van der Waals surface area contributed by atoms with Crippen LogP contribution in [0.4, 0.5) is 5.69 Å². The third-order valence-electron chi connectivity index (χ3n) is 4.34. The molecule has 1 amide bonds. The van der Waals surface area contributed by atoms with E-state index < -0.39 is 6.04 Å². The number of benzene rings is 2. The molecule has 2 unspecified atom stereocenters. The van der Waals surface area contributed by atoms with Crippen LogP contribution in [-0.2, 0) is 4.79 Å². The second kappa shape index (κ2) is 7.95. The summed E-state index contributed by atoms with van der Waals surface area (Å²) in [5.74, 6) is 0.776. The maximum atomic E-state index is 12.5. The highest BCUT2D eigenvalue weighted by molar-refractivity contribution is 6.31. The van der Waals surface area contributed by atoms with E-state index in [1.807, 2.05) is 26.0 Å². The quantitative estimate of drug-likeness (QED) is 0.644. The molecule has 2 atom stereocenters. The van der Waals surface area contributed by atoms with Gasteiger partial charge < -0.3 is 15.2 Å². The van der Waals surface area contributed by atoms with Crippen molar-refractivity contribution in [3.63, 3.8) is 0 Å². The number of aryl methyl sites for hydroxylation is 1. The maximum Gasteiger partial charge on any atom is 0.242 e. The smallest absolute Gasteiger partial charge is 0.242 e. The van der Waals surface area contributed by atoms with E-state index in [0.29, 0.717) is 29.3 Å². The summed E-state index contributed by atoms with van der Waals surface area (Å²) < 4.78 is 5.39. The van der Waals surface area contributed by atoms with Gasteiger partial charge in [0, 0.05) is 16.3 Å². The molecule has 0 spiro atoms. The number of amides is 1. The highest BCUT2D eigenvalue weighted by Gasteiger charge is 2.31. The fourth-order valence-corrected chi connectivity index (χ4v) is 3.10. The number of hydrogen-bond acceptors (Lipinski definition) is 5. The summed E-state index contributed by atoms with van der Waals surface area (Å²) in [6.45, 7) is 4.35. The monoisotopic (exact) mass is 375 g/mol. The molecule has 3 rings (SSSR count). The van der Waals surface area contributed by atoms with Gasteiger partial charge >= 0.3 is 0 Å². The maximum absolute atomic E-state index is 12.5. The highest BCUT2D eigenvalue weighted by Crippen LogP contribution is 2.33. The molecule has 7 heteroatoms. The van der Waals surface area contributed by atoms with Gasteiger partial charge in [-0.25, -0.2) is 10.9 Å². The topological polar surface area (TPSA) is 82.6 Å². The Morgan fingerprint density at radius 3 is 2.73 bits per heavy atom. The van der Waals surface area contributed by atoms with Crippen molar-refractivity contribution in [2.75, 3.05) is 11.9 Å². The molecule has 1 aliphatic heterocycles. The summed E-state index contributed by atoms with van der Waals surface area (Å²) in [5, 5.41) is 13.6. The average Bonchev–Trinajstić information content (AvgIpc) is 3.10. The first kappa shape index (κ1) is 18.5. The van der Waals surface area contributed by atoms with Crippen LogP contribution < -0.4 is 20.9 Å². The Balaban J connectivity index is 1.63. The van der Waals surface area contributed by atoms with E-state index in [0.717, 1.165) is 11.3 Å². The van der Waals surface area contributed by atoms with Gasteiger partial charge in [-0.05, 0) is 62.2 Å². The lowest BCUT2D eigenvalue weighted by Crippen LogP contribution is -2.39. The molecule has 26 heavy (non-hydrogen) atoms. The first-order valence-corrected chi connectivity index (χ1v) is 8.89. The minimum atomic E-state index is -0.425. The lowest BCUT2D eigenvalue weighted by molar-refractivity contribution is -0.117. The lowest BCUT2D eigenvalue weighted by Gasteiger charge is -2.13. The minimum absolute atomic E-state index is 0.151. The molecular weight excluding hydrogens is 354 g/mol. The van der Waals surface area contributed by atoms with Gasteiger partial charge in [0.15, 0.2) is 0 Å². The van der Waals surface area contributed by atoms with Crippen molar-refractivity contribution in [2.24, 2.45) is 0 Å². The average molecular weight is 376 g/mol. The number of carbonyl (C=O) groups excluding carboxylic acids is 1. The molecule has 0 aromatic heterocycles. The van der Waals surface area contributed by atoms with Gasteiger partial charge in [0.25, 0.3) is 0 Å². The molecule has 1 aliphatic rings. The van der Waals surface area contributed by atoms with Crippen LogP contribution in [0.25, 0.3) is 0 Å². The number of aromatic hydroxyl groups is 1. The van der Waals surface area contributed by atoms with Crippen LogP contribution in [0, 0.1) is 6.92 Å². The van der Waals surface area contributed by atoms with Crippen molar-refractivity contribution < 1.29 is 14.6 Å². The van der Waals surface area contributed by atoms with Gasteiger partial charge in [-0.3, -0.25) is 4.79 Å². The number of phenols is 1. The molecule has 2 aromatic carbocycles. The number of carbonyl (C=O) groups is 1. The minimum Gasteiger partial charge on any atom is -0.508 e. The Kier molecular flexibility index (Phi) is 5.66. The number of hydrazine groups is 1. The standard InChI is InChI=1S/C19H22ClN3O3/c1-3-26-13-6-4-12(5-7-13)21-19(25)17-10-16(22-23-17)14-9-15(20)11(2)8-18(14)24/h4-9,16-17,22-24H,3,10H2,1-2H3,(H,21,25). The van der Waals surface area contributed by atoms with E-state index in [1.165, 1.54) is 0 Å². The van der Waals surface area contributed by atoms with Crippen molar-refractivity contribution in [3.05, 3.63) is 52.5 Å². The van der Waals surface area contributed by atoms with Crippen molar-refractivity contribution in [2.45, 2.75) is 32.4 Å². The van der Waals surface area contributed by atoms with Crippen molar-refractivity contribution in [3.8, 4) is 11.5 Å². The number of rotatable bonds is 5. The fourth-order valence-electron chi connectivity index (χ4n) is 2.92. The van der Waals surface area contributed by atoms with Crippen LogP contribution in [0.3, 0.4) is 0 Å². The number of nitrogens with one attached hydrogen (secondary N) is 3. The molecule has 1 fully saturated rings. The Bertz CT molecular complexity index is 795. The molecule has 0 aliphatic carbocycles. The number of anilines is 1. The predicted molar refractivity (Wildman–Crippen MR) is 102 cm³/mol. The Morgan fingerprint density at radius 2 is 2.04 bits per heavy atom. The summed E-state index contributed by atoms with van der Waals surface area (Å²) in [7, 11) is 0. The summed E-state index contributed by atoms with van der Waals surface area (Å²) in [5.41, 5.74) is 8.21. The zero-order valence-electron chi connectivity index (χ0n) is 14.7. The molecule has 0 saturated carbocycles. The van der Waals surface area contributed by atoms with Crippen LogP contribution in [0.1, 0.15) is 30.5 Å². The second-order valence-corrected chi connectivity index (χ2v) is 6.64. The molecule has 6 nitrogen and oxygen atoms in total. The van der Waals surface area contributed by atoms with Crippen molar-refractivity contribution >= 4 is 23.2 Å². The van der Waals surface area contributed by atoms with Gasteiger partial charge in [-0.1, -0.05) is 11.6 Å². The van der Waals surface area contributed by atoms with Gasteiger partial charge in [0.2, 0.25) is 5.91 Å². The number of phenolic OH excluding ortho intramolecular Hbond substituents is 1. The molecule has 2 aromatic rings. The van der Waals surface area contributed by atoms with Gasteiger partial charge in [0.05, 0.1) is 12.6 Å². The Morgan fingerprint density at radius 1 is 1.31 bits per heavy atom. The molecule has 1 saturated heterocycles.